The summed E-state index contributed by atoms with van der Waals surface area (Å²) >= 11 is 1.45. The Balaban J connectivity index is 1.82. The van der Waals surface area contributed by atoms with Gasteiger partial charge in [-0.05, 0) is 70.5 Å². The largest absolute Gasteiger partial charge is 0.396 e. The lowest BCUT2D eigenvalue weighted by Crippen LogP contribution is -2.44. The molecule has 3 aromatic rings. The summed E-state index contributed by atoms with van der Waals surface area (Å²) in [6.07, 6.45) is 0.408. The zero-order chi connectivity index (χ0) is 27.9. The molecule has 1 unspecified atom stereocenters. The third-order valence-corrected chi connectivity index (χ3v) is 9.27. The Hall–Kier alpha value is -2.94. The molecule has 0 saturated heterocycles. The number of hydrogen-bond donors (Lipinski definition) is 2. The summed E-state index contributed by atoms with van der Waals surface area (Å²) in [5, 5.41) is 12.1. The van der Waals surface area contributed by atoms with Gasteiger partial charge in [0, 0.05) is 39.8 Å². The standard InChI is InChI=1S/C30H35NO5S2/c1-21-5-13-26(14-6-21)37-19-25(20-38(35,36)27-15-7-22(2)8-16-27)28(33)23-9-11-24(12-10-23)29(34)31-30(3,4)17-18-32/h5-16,25,32H,17-20H2,1-4H3,(H,31,34). The molecule has 202 valence electrons. The maximum absolute atomic E-state index is 13.6. The summed E-state index contributed by atoms with van der Waals surface area (Å²) in [5.74, 6) is -1.39. The molecule has 0 aliphatic rings. The molecule has 1 atom stereocenters. The molecule has 0 radical (unpaired) electrons. The lowest BCUT2D eigenvalue weighted by Gasteiger charge is -2.25. The Labute approximate surface area is 229 Å². The van der Waals surface area contributed by atoms with E-state index in [1.54, 1.807) is 48.5 Å². The number of ketones is 1. The van der Waals surface area contributed by atoms with Crippen molar-refractivity contribution in [2.75, 3.05) is 18.1 Å². The maximum atomic E-state index is 13.6. The highest BCUT2D eigenvalue weighted by atomic mass is 32.2. The Morgan fingerprint density at radius 2 is 1.39 bits per heavy atom. The predicted molar refractivity (Wildman–Crippen MR) is 153 cm³/mol. The number of aliphatic hydroxyl groups is 1. The van der Waals surface area contributed by atoms with E-state index < -0.39 is 21.3 Å². The van der Waals surface area contributed by atoms with Crippen LogP contribution in [0.5, 0.6) is 0 Å². The van der Waals surface area contributed by atoms with Crippen LogP contribution in [0, 0.1) is 19.8 Å². The van der Waals surface area contributed by atoms with Crippen molar-refractivity contribution in [2.24, 2.45) is 5.92 Å². The van der Waals surface area contributed by atoms with Crippen LogP contribution in [0.25, 0.3) is 0 Å². The van der Waals surface area contributed by atoms with Gasteiger partial charge in [-0.2, -0.15) is 0 Å². The van der Waals surface area contributed by atoms with Gasteiger partial charge in [-0.3, -0.25) is 9.59 Å². The van der Waals surface area contributed by atoms with Crippen molar-refractivity contribution < 1.29 is 23.1 Å². The number of amides is 1. The Bertz CT molecular complexity index is 1350. The first-order valence-electron chi connectivity index (χ1n) is 12.5. The summed E-state index contributed by atoms with van der Waals surface area (Å²) in [7, 11) is -3.71. The second kappa shape index (κ2) is 12.7. The lowest BCUT2D eigenvalue weighted by atomic mass is 9.98. The van der Waals surface area contributed by atoms with Gasteiger partial charge in [0.1, 0.15) is 0 Å². The number of thioether (sulfide) groups is 1. The summed E-state index contributed by atoms with van der Waals surface area (Å²) in [5.41, 5.74) is 2.22. The predicted octanol–water partition coefficient (Wildman–Crippen LogP) is 5.26. The third kappa shape index (κ3) is 8.28. The van der Waals surface area contributed by atoms with E-state index in [2.05, 4.69) is 5.32 Å². The Morgan fingerprint density at radius 3 is 1.95 bits per heavy atom. The summed E-state index contributed by atoms with van der Waals surface area (Å²) in [6.45, 7) is 7.48. The molecular weight excluding hydrogens is 518 g/mol. The molecular formula is C30H35NO5S2. The van der Waals surface area contributed by atoms with Crippen molar-refractivity contribution >= 4 is 33.3 Å². The molecule has 1 amide bonds. The van der Waals surface area contributed by atoms with E-state index in [-0.39, 0.29) is 28.9 Å². The van der Waals surface area contributed by atoms with Gasteiger partial charge < -0.3 is 10.4 Å². The van der Waals surface area contributed by atoms with Crippen LogP contribution in [-0.4, -0.2) is 48.9 Å². The number of carbonyl (C=O) groups excluding carboxylic acids is 2. The highest BCUT2D eigenvalue weighted by Gasteiger charge is 2.28. The monoisotopic (exact) mass is 553 g/mol. The first-order chi connectivity index (χ1) is 17.9. The van der Waals surface area contributed by atoms with Gasteiger partial charge in [0.25, 0.3) is 5.91 Å². The SMILES string of the molecule is Cc1ccc(SCC(CS(=O)(=O)c2ccc(C)cc2)C(=O)c2ccc(C(=O)NC(C)(C)CCO)cc2)cc1. The van der Waals surface area contributed by atoms with Crippen molar-refractivity contribution in [3.05, 3.63) is 95.1 Å². The average molecular weight is 554 g/mol. The van der Waals surface area contributed by atoms with E-state index in [4.69, 9.17) is 0 Å². The highest BCUT2D eigenvalue weighted by Crippen LogP contribution is 2.26. The van der Waals surface area contributed by atoms with E-state index >= 15 is 0 Å². The van der Waals surface area contributed by atoms with Crippen LogP contribution in [0.4, 0.5) is 0 Å². The summed E-state index contributed by atoms with van der Waals surface area (Å²) < 4.78 is 26.5. The molecule has 0 saturated carbocycles. The minimum absolute atomic E-state index is 0.0474. The molecule has 3 rings (SSSR count). The smallest absolute Gasteiger partial charge is 0.251 e. The van der Waals surface area contributed by atoms with E-state index in [0.29, 0.717) is 23.3 Å². The fourth-order valence-electron chi connectivity index (χ4n) is 3.88. The van der Waals surface area contributed by atoms with Gasteiger partial charge in [0.15, 0.2) is 15.6 Å². The molecule has 8 heteroatoms. The molecule has 0 fully saturated rings. The Kier molecular flexibility index (Phi) is 9.93. The zero-order valence-corrected chi connectivity index (χ0v) is 23.9. The van der Waals surface area contributed by atoms with Crippen molar-refractivity contribution in [3.8, 4) is 0 Å². The minimum atomic E-state index is -3.71. The third-order valence-electron chi connectivity index (χ3n) is 6.26. The van der Waals surface area contributed by atoms with E-state index in [1.807, 2.05) is 52.0 Å². The highest BCUT2D eigenvalue weighted by molar-refractivity contribution is 7.99. The van der Waals surface area contributed by atoms with Gasteiger partial charge in [-0.15, -0.1) is 11.8 Å². The second-order valence-corrected chi connectivity index (χ2v) is 13.3. The van der Waals surface area contributed by atoms with Crippen LogP contribution >= 0.6 is 11.8 Å². The number of aryl methyl sites for hydroxylation is 2. The average Bonchev–Trinajstić information content (AvgIpc) is 2.87. The molecule has 0 aliphatic carbocycles. The van der Waals surface area contributed by atoms with Crippen LogP contribution in [0.3, 0.4) is 0 Å². The fraction of sp³-hybridized carbons (Fsp3) is 0.333. The first-order valence-corrected chi connectivity index (χ1v) is 15.1. The number of nitrogens with one attached hydrogen (secondary N) is 1. The number of rotatable bonds is 12. The number of benzene rings is 3. The lowest BCUT2D eigenvalue weighted by molar-refractivity contribution is 0.0896. The van der Waals surface area contributed by atoms with Gasteiger partial charge in [-0.1, -0.05) is 47.5 Å². The number of hydrogen-bond acceptors (Lipinski definition) is 6. The van der Waals surface area contributed by atoms with Gasteiger partial charge in [0.05, 0.1) is 10.6 Å². The number of sulfone groups is 1. The summed E-state index contributed by atoms with van der Waals surface area (Å²) in [4.78, 5) is 27.4. The van der Waals surface area contributed by atoms with Crippen molar-refractivity contribution in [1.82, 2.24) is 5.32 Å². The maximum Gasteiger partial charge on any atom is 0.251 e. The number of Topliss-reactive ketones (excluding diaryl/α,β-unsaturated/α-hetero) is 1. The topological polar surface area (TPSA) is 101 Å². The van der Waals surface area contributed by atoms with Crippen molar-refractivity contribution in [3.63, 3.8) is 0 Å². The van der Waals surface area contributed by atoms with Crippen LogP contribution in [0.1, 0.15) is 52.1 Å². The van der Waals surface area contributed by atoms with Gasteiger partial charge in [-0.25, -0.2) is 8.42 Å². The van der Waals surface area contributed by atoms with Crippen LogP contribution < -0.4 is 5.32 Å². The van der Waals surface area contributed by atoms with Crippen LogP contribution in [0.15, 0.2) is 82.6 Å². The molecule has 3 aromatic carbocycles. The van der Waals surface area contributed by atoms with Crippen LogP contribution in [0.2, 0.25) is 0 Å². The number of aliphatic hydroxyl groups excluding tert-OH is 1. The minimum Gasteiger partial charge on any atom is -0.396 e. The number of carbonyl (C=O) groups is 2. The second-order valence-electron chi connectivity index (χ2n) is 10.2. The molecule has 0 bridgehead atoms. The zero-order valence-electron chi connectivity index (χ0n) is 22.2. The van der Waals surface area contributed by atoms with Crippen molar-refractivity contribution in [1.29, 1.82) is 0 Å². The molecule has 0 aromatic heterocycles. The molecule has 6 nitrogen and oxygen atoms in total. The van der Waals surface area contributed by atoms with E-state index in [1.165, 1.54) is 11.8 Å². The molecule has 2 N–H and O–H groups in total. The van der Waals surface area contributed by atoms with Crippen molar-refractivity contribution in [2.45, 2.75) is 49.4 Å². The molecule has 38 heavy (non-hydrogen) atoms. The van der Waals surface area contributed by atoms with Gasteiger partial charge >= 0.3 is 0 Å². The van der Waals surface area contributed by atoms with E-state index in [0.717, 1.165) is 16.0 Å². The van der Waals surface area contributed by atoms with Crippen LogP contribution in [-0.2, 0) is 9.84 Å². The normalized spacial score (nSPS) is 12.7. The Morgan fingerprint density at radius 1 is 0.868 bits per heavy atom. The molecule has 0 spiro atoms. The van der Waals surface area contributed by atoms with Gasteiger partial charge in [0.2, 0.25) is 0 Å². The summed E-state index contributed by atoms with van der Waals surface area (Å²) in [6, 6.07) is 20.8. The first kappa shape index (κ1) is 29.6. The molecule has 0 heterocycles. The molecule has 0 aliphatic heterocycles. The van der Waals surface area contributed by atoms with E-state index in [9.17, 15) is 23.1 Å². The fourth-order valence-corrected chi connectivity index (χ4v) is 6.56. The quantitative estimate of drug-likeness (QED) is 0.234.